The first kappa shape index (κ1) is 23.2. The topological polar surface area (TPSA) is 69.0 Å². The van der Waals surface area contributed by atoms with Crippen molar-refractivity contribution in [2.45, 2.75) is 36.7 Å². The van der Waals surface area contributed by atoms with Gasteiger partial charge in [0.25, 0.3) is 0 Å². The molecule has 0 saturated heterocycles. The Labute approximate surface area is 209 Å². The van der Waals surface area contributed by atoms with Crippen LogP contribution in [0.4, 0.5) is 0 Å². The molecule has 1 fully saturated rings. The Bertz CT molecular complexity index is 1300. The molecule has 35 heavy (non-hydrogen) atoms. The standard InChI is InChI=1S/C28H28N4O2S/c1-19-11-13-22(14-12-19)32-26(17-29-27(33)25-16-24(25)21-8-4-3-5-9-21)30-31-28(32)35-18-20-7-6-10-23(15-20)34-2/h3-15,24-25H,16-18H2,1-2H3,(H,29,33). The number of rotatable bonds is 9. The number of aromatic nitrogens is 3. The minimum Gasteiger partial charge on any atom is -0.497 e. The van der Waals surface area contributed by atoms with Gasteiger partial charge < -0.3 is 10.1 Å². The van der Waals surface area contributed by atoms with E-state index in [0.29, 0.717) is 18.3 Å². The molecule has 7 heteroatoms. The summed E-state index contributed by atoms with van der Waals surface area (Å²) in [5, 5.41) is 12.8. The van der Waals surface area contributed by atoms with E-state index in [9.17, 15) is 4.79 Å². The number of nitrogens with zero attached hydrogens (tertiary/aromatic N) is 3. The molecule has 3 aromatic carbocycles. The van der Waals surface area contributed by atoms with Gasteiger partial charge in [0.15, 0.2) is 11.0 Å². The maximum atomic E-state index is 12.8. The molecule has 1 aromatic heterocycles. The van der Waals surface area contributed by atoms with Gasteiger partial charge in [-0.05, 0) is 54.7 Å². The van der Waals surface area contributed by atoms with Crippen molar-refractivity contribution in [2.75, 3.05) is 7.11 Å². The summed E-state index contributed by atoms with van der Waals surface area (Å²) < 4.78 is 7.38. The molecule has 1 saturated carbocycles. The normalized spacial score (nSPS) is 16.6. The fourth-order valence-corrected chi connectivity index (χ4v) is 5.14. The van der Waals surface area contributed by atoms with Crippen LogP contribution in [0.1, 0.15) is 34.9 Å². The van der Waals surface area contributed by atoms with Crippen molar-refractivity contribution < 1.29 is 9.53 Å². The van der Waals surface area contributed by atoms with Gasteiger partial charge in [0.1, 0.15) is 5.75 Å². The quantitative estimate of drug-likeness (QED) is 0.327. The van der Waals surface area contributed by atoms with Gasteiger partial charge in [-0.3, -0.25) is 9.36 Å². The van der Waals surface area contributed by atoms with Gasteiger partial charge in [-0.1, -0.05) is 71.9 Å². The maximum Gasteiger partial charge on any atom is 0.224 e. The lowest BCUT2D eigenvalue weighted by atomic mass is 10.1. The number of nitrogens with one attached hydrogen (secondary N) is 1. The number of thioether (sulfide) groups is 1. The monoisotopic (exact) mass is 484 g/mol. The Balaban J connectivity index is 1.31. The van der Waals surface area contributed by atoms with Crippen LogP contribution in [0.3, 0.4) is 0 Å². The average Bonchev–Trinajstić information content (AvgIpc) is 3.61. The van der Waals surface area contributed by atoms with Crippen molar-refractivity contribution in [3.8, 4) is 11.4 Å². The molecule has 0 aliphatic heterocycles. The van der Waals surface area contributed by atoms with Gasteiger partial charge in [0.05, 0.1) is 13.7 Å². The number of methoxy groups -OCH3 is 1. The Hall–Kier alpha value is -3.58. The van der Waals surface area contributed by atoms with E-state index in [1.807, 2.05) is 41.0 Å². The zero-order valence-electron chi connectivity index (χ0n) is 19.8. The summed E-state index contributed by atoms with van der Waals surface area (Å²) >= 11 is 1.61. The van der Waals surface area contributed by atoms with Crippen molar-refractivity contribution in [2.24, 2.45) is 5.92 Å². The number of hydrogen-bond donors (Lipinski definition) is 1. The first-order valence-corrected chi connectivity index (χ1v) is 12.7. The van der Waals surface area contributed by atoms with Gasteiger partial charge in [-0.25, -0.2) is 0 Å². The number of ether oxygens (including phenoxy) is 1. The third-order valence-corrected chi connectivity index (χ3v) is 7.27. The largest absolute Gasteiger partial charge is 0.497 e. The summed E-state index contributed by atoms with van der Waals surface area (Å²) in [6.45, 7) is 2.39. The number of benzene rings is 3. The fourth-order valence-electron chi connectivity index (χ4n) is 4.22. The minimum absolute atomic E-state index is 0.0232. The van der Waals surface area contributed by atoms with Crippen molar-refractivity contribution in [1.82, 2.24) is 20.1 Å². The smallest absolute Gasteiger partial charge is 0.224 e. The molecule has 6 nitrogen and oxygen atoms in total. The molecule has 1 aliphatic carbocycles. The Morgan fingerprint density at radius 3 is 2.63 bits per heavy atom. The van der Waals surface area contributed by atoms with Crippen molar-refractivity contribution >= 4 is 17.7 Å². The number of hydrogen-bond acceptors (Lipinski definition) is 5. The zero-order valence-corrected chi connectivity index (χ0v) is 20.7. The Morgan fingerprint density at radius 2 is 1.86 bits per heavy atom. The van der Waals surface area contributed by atoms with E-state index in [1.165, 1.54) is 11.1 Å². The number of amides is 1. The SMILES string of the molecule is COc1cccc(CSc2nnc(CNC(=O)C3CC3c3ccccc3)n2-c2ccc(C)cc2)c1. The van der Waals surface area contributed by atoms with Crippen LogP contribution in [0.15, 0.2) is 84.0 Å². The van der Waals surface area contributed by atoms with Crippen LogP contribution < -0.4 is 10.1 Å². The molecule has 4 aromatic rings. The second-order valence-electron chi connectivity index (χ2n) is 8.79. The third-order valence-electron chi connectivity index (χ3n) is 6.27. The summed E-state index contributed by atoms with van der Waals surface area (Å²) in [5.74, 6) is 2.68. The van der Waals surface area contributed by atoms with E-state index < -0.39 is 0 Å². The molecule has 2 unspecified atom stereocenters. The van der Waals surface area contributed by atoms with Gasteiger partial charge in [-0.2, -0.15) is 0 Å². The van der Waals surface area contributed by atoms with Crippen molar-refractivity contribution in [3.05, 3.63) is 101 Å². The lowest BCUT2D eigenvalue weighted by molar-refractivity contribution is -0.122. The maximum absolute atomic E-state index is 12.8. The molecule has 0 spiro atoms. The summed E-state index contributed by atoms with van der Waals surface area (Å²) in [5.41, 5.74) is 4.53. The van der Waals surface area contributed by atoms with Gasteiger partial charge in [-0.15, -0.1) is 10.2 Å². The summed E-state index contributed by atoms with van der Waals surface area (Å²) in [6, 6.07) is 26.5. The number of carbonyl (C=O) groups is 1. The number of carbonyl (C=O) groups excluding carboxylic acids is 1. The molecule has 1 aliphatic rings. The molecule has 0 bridgehead atoms. The van der Waals surface area contributed by atoms with Crippen LogP contribution in [0.2, 0.25) is 0 Å². The minimum atomic E-state index is 0.0232. The highest BCUT2D eigenvalue weighted by molar-refractivity contribution is 7.98. The van der Waals surface area contributed by atoms with E-state index in [4.69, 9.17) is 4.74 Å². The van der Waals surface area contributed by atoms with E-state index >= 15 is 0 Å². The lowest BCUT2D eigenvalue weighted by Gasteiger charge is -2.12. The van der Waals surface area contributed by atoms with E-state index in [2.05, 4.69) is 64.9 Å². The highest BCUT2D eigenvalue weighted by Gasteiger charge is 2.43. The zero-order chi connectivity index (χ0) is 24.2. The molecular formula is C28H28N4O2S. The summed E-state index contributed by atoms with van der Waals surface area (Å²) in [4.78, 5) is 12.8. The molecule has 5 rings (SSSR count). The van der Waals surface area contributed by atoms with Crippen molar-refractivity contribution in [1.29, 1.82) is 0 Å². The van der Waals surface area contributed by atoms with E-state index in [0.717, 1.165) is 34.3 Å². The first-order chi connectivity index (χ1) is 17.1. The van der Waals surface area contributed by atoms with E-state index in [1.54, 1.807) is 18.9 Å². The molecule has 1 amide bonds. The highest BCUT2D eigenvalue weighted by Crippen LogP contribution is 2.47. The third kappa shape index (κ3) is 5.41. The average molecular weight is 485 g/mol. The molecule has 1 heterocycles. The van der Waals surface area contributed by atoms with Crippen LogP contribution in [0.25, 0.3) is 5.69 Å². The van der Waals surface area contributed by atoms with Gasteiger partial charge in [0.2, 0.25) is 5.91 Å². The Kier molecular flexibility index (Phi) is 6.86. The summed E-state index contributed by atoms with van der Waals surface area (Å²) in [7, 11) is 1.67. The molecule has 2 atom stereocenters. The van der Waals surface area contributed by atoms with Gasteiger partial charge >= 0.3 is 0 Å². The van der Waals surface area contributed by atoms with Crippen LogP contribution >= 0.6 is 11.8 Å². The molecule has 178 valence electrons. The van der Waals surface area contributed by atoms with Crippen LogP contribution in [0, 0.1) is 12.8 Å². The predicted octanol–water partition coefficient (Wildman–Crippen LogP) is 5.30. The van der Waals surface area contributed by atoms with Gasteiger partial charge in [0, 0.05) is 17.4 Å². The summed E-state index contributed by atoms with van der Waals surface area (Å²) in [6.07, 6.45) is 0.891. The van der Waals surface area contributed by atoms with Crippen LogP contribution in [-0.4, -0.2) is 27.8 Å². The second kappa shape index (κ2) is 10.4. The van der Waals surface area contributed by atoms with Crippen molar-refractivity contribution in [3.63, 3.8) is 0 Å². The Morgan fingerprint density at radius 1 is 1.06 bits per heavy atom. The molecular weight excluding hydrogens is 456 g/mol. The molecule has 1 N–H and O–H groups in total. The molecule has 0 radical (unpaired) electrons. The van der Waals surface area contributed by atoms with E-state index in [-0.39, 0.29) is 11.8 Å². The predicted molar refractivity (Wildman–Crippen MR) is 138 cm³/mol. The lowest BCUT2D eigenvalue weighted by Crippen LogP contribution is -2.26. The first-order valence-electron chi connectivity index (χ1n) is 11.7. The fraction of sp³-hybridized carbons (Fsp3) is 0.250. The van der Waals surface area contributed by atoms with Crippen LogP contribution in [0.5, 0.6) is 5.75 Å². The number of aryl methyl sites for hydroxylation is 1. The highest BCUT2D eigenvalue weighted by atomic mass is 32.2. The van der Waals surface area contributed by atoms with Crippen LogP contribution in [-0.2, 0) is 17.1 Å². The second-order valence-corrected chi connectivity index (χ2v) is 9.73.